The molecular formula is C23H26N2O3S. The lowest BCUT2D eigenvalue weighted by atomic mass is 10.0. The molecule has 0 fully saturated rings. The van der Waals surface area contributed by atoms with E-state index in [4.69, 9.17) is 4.74 Å². The summed E-state index contributed by atoms with van der Waals surface area (Å²) in [5.74, 6) is -0.563. The summed E-state index contributed by atoms with van der Waals surface area (Å²) >= 11 is 1.43. The number of amides is 1. The summed E-state index contributed by atoms with van der Waals surface area (Å²) in [6, 6.07) is 10.2. The molecule has 0 spiro atoms. The number of fused-ring (bicyclic) bond motifs is 1. The lowest BCUT2D eigenvalue weighted by Crippen LogP contribution is -2.23. The fraction of sp³-hybridized carbons (Fsp3) is 0.348. The maximum Gasteiger partial charge on any atom is 0.326 e. The number of carbonyl (C=O) groups is 2. The largest absolute Gasteiger partial charge is 0.465 e. The Bertz CT molecular complexity index is 1150. The van der Waals surface area contributed by atoms with Crippen LogP contribution in [0.1, 0.15) is 34.7 Å². The van der Waals surface area contributed by atoms with E-state index in [9.17, 15) is 9.59 Å². The van der Waals surface area contributed by atoms with E-state index >= 15 is 0 Å². The van der Waals surface area contributed by atoms with Crippen molar-refractivity contribution in [1.29, 1.82) is 0 Å². The maximum atomic E-state index is 12.7. The van der Waals surface area contributed by atoms with Gasteiger partial charge in [-0.1, -0.05) is 41.2 Å². The van der Waals surface area contributed by atoms with E-state index in [0.29, 0.717) is 11.4 Å². The van der Waals surface area contributed by atoms with Crippen molar-refractivity contribution in [2.75, 3.05) is 6.61 Å². The summed E-state index contributed by atoms with van der Waals surface area (Å²) in [5.41, 5.74) is 6.26. The molecule has 3 rings (SSSR count). The van der Waals surface area contributed by atoms with Crippen LogP contribution in [-0.4, -0.2) is 23.1 Å². The number of rotatable bonds is 5. The van der Waals surface area contributed by atoms with Crippen LogP contribution in [0.25, 0.3) is 10.2 Å². The van der Waals surface area contributed by atoms with Crippen LogP contribution in [0.4, 0.5) is 0 Å². The van der Waals surface area contributed by atoms with Crippen molar-refractivity contribution < 1.29 is 14.3 Å². The van der Waals surface area contributed by atoms with Crippen molar-refractivity contribution in [2.24, 2.45) is 4.99 Å². The number of nitrogens with zero attached hydrogens (tertiary/aromatic N) is 2. The molecule has 0 atom stereocenters. The number of carbonyl (C=O) groups excluding carboxylic acids is 2. The Morgan fingerprint density at radius 2 is 1.79 bits per heavy atom. The zero-order chi connectivity index (χ0) is 21.1. The molecule has 1 heterocycles. The molecule has 0 N–H and O–H groups in total. The van der Waals surface area contributed by atoms with Gasteiger partial charge in [0.05, 0.1) is 23.2 Å². The van der Waals surface area contributed by atoms with Gasteiger partial charge < -0.3 is 9.30 Å². The van der Waals surface area contributed by atoms with Crippen molar-refractivity contribution in [3.63, 3.8) is 0 Å². The number of thiazole rings is 1. The van der Waals surface area contributed by atoms with Gasteiger partial charge >= 0.3 is 5.97 Å². The van der Waals surface area contributed by atoms with Crippen LogP contribution in [0.2, 0.25) is 0 Å². The van der Waals surface area contributed by atoms with Gasteiger partial charge in [-0.3, -0.25) is 9.59 Å². The third kappa shape index (κ3) is 4.82. The predicted octanol–water partition coefficient (Wildman–Crippen LogP) is 4.17. The highest BCUT2D eigenvalue weighted by atomic mass is 32.1. The molecule has 0 unspecified atom stereocenters. The third-order valence-corrected chi connectivity index (χ3v) is 6.00. The van der Waals surface area contributed by atoms with Gasteiger partial charge in [0.1, 0.15) is 6.54 Å². The molecule has 0 aliphatic heterocycles. The van der Waals surface area contributed by atoms with E-state index in [1.165, 1.54) is 11.3 Å². The molecule has 1 amide bonds. The van der Waals surface area contributed by atoms with Crippen molar-refractivity contribution >= 4 is 33.4 Å². The van der Waals surface area contributed by atoms with Crippen molar-refractivity contribution in [3.05, 3.63) is 63.0 Å². The summed E-state index contributed by atoms with van der Waals surface area (Å²) in [4.78, 5) is 29.8. The monoisotopic (exact) mass is 410 g/mol. The Balaban J connectivity index is 2.06. The van der Waals surface area contributed by atoms with Crippen LogP contribution in [0.5, 0.6) is 0 Å². The van der Waals surface area contributed by atoms with Gasteiger partial charge in [0.2, 0.25) is 0 Å². The van der Waals surface area contributed by atoms with Gasteiger partial charge in [-0.2, -0.15) is 4.99 Å². The van der Waals surface area contributed by atoms with E-state index in [0.717, 1.165) is 38.0 Å². The molecule has 0 aliphatic carbocycles. The Kier molecular flexibility index (Phi) is 6.33. The van der Waals surface area contributed by atoms with Crippen LogP contribution in [0, 0.1) is 27.7 Å². The van der Waals surface area contributed by atoms with Crippen molar-refractivity contribution in [2.45, 2.75) is 47.6 Å². The smallest absolute Gasteiger partial charge is 0.326 e. The highest BCUT2D eigenvalue weighted by molar-refractivity contribution is 7.16. The van der Waals surface area contributed by atoms with E-state index < -0.39 is 0 Å². The summed E-state index contributed by atoms with van der Waals surface area (Å²) in [6.45, 7) is 10.2. The minimum absolute atomic E-state index is 0.0340. The van der Waals surface area contributed by atoms with Gasteiger partial charge in [0, 0.05) is 0 Å². The molecule has 0 aliphatic rings. The second kappa shape index (κ2) is 8.74. The van der Waals surface area contributed by atoms with Gasteiger partial charge in [-0.15, -0.1) is 0 Å². The zero-order valence-electron chi connectivity index (χ0n) is 17.5. The summed E-state index contributed by atoms with van der Waals surface area (Å²) < 4.78 is 7.94. The number of aryl methyl sites for hydroxylation is 4. The van der Waals surface area contributed by atoms with Gasteiger partial charge in [-0.25, -0.2) is 0 Å². The van der Waals surface area contributed by atoms with Crippen LogP contribution in [0.3, 0.4) is 0 Å². The molecule has 0 radical (unpaired) electrons. The van der Waals surface area contributed by atoms with E-state index in [1.807, 2.05) is 52.0 Å². The van der Waals surface area contributed by atoms with Crippen molar-refractivity contribution in [1.82, 2.24) is 4.57 Å². The van der Waals surface area contributed by atoms with E-state index in [2.05, 4.69) is 11.1 Å². The molecule has 0 bridgehead atoms. The second-order valence-corrected chi connectivity index (χ2v) is 8.30. The summed E-state index contributed by atoms with van der Waals surface area (Å²) in [6.07, 6.45) is 0.235. The number of ether oxygens (including phenoxy) is 1. The quantitative estimate of drug-likeness (QED) is 0.593. The van der Waals surface area contributed by atoms with Gasteiger partial charge in [0.15, 0.2) is 4.80 Å². The highest BCUT2D eigenvalue weighted by Crippen LogP contribution is 2.23. The molecule has 5 nitrogen and oxygen atoms in total. The predicted molar refractivity (Wildman–Crippen MR) is 116 cm³/mol. The van der Waals surface area contributed by atoms with Gasteiger partial charge in [0.25, 0.3) is 5.91 Å². The third-order valence-electron chi connectivity index (χ3n) is 4.77. The molecule has 29 heavy (non-hydrogen) atoms. The lowest BCUT2D eigenvalue weighted by molar-refractivity contribution is -0.143. The highest BCUT2D eigenvalue weighted by Gasteiger charge is 2.14. The number of benzene rings is 2. The minimum Gasteiger partial charge on any atom is -0.465 e. The Labute approximate surface area is 174 Å². The molecule has 0 saturated carbocycles. The Hall–Kier alpha value is -2.73. The van der Waals surface area contributed by atoms with Crippen LogP contribution in [-0.2, 0) is 27.3 Å². The van der Waals surface area contributed by atoms with Crippen LogP contribution >= 0.6 is 11.3 Å². The van der Waals surface area contributed by atoms with E-state index in [-0.39, 0.29) is 24.8 Å². The van der Waals surface area contributed by atoms with E-state index in [1.54, 1.807) is 11.5 Å². The molecular weight excluding hydrogens is 384 g/mol. The minimum atomic E-state index is -0.338. The normalized spacial score (nSPS) is 11.8. The van der Waals surface area contributed by atoms with Crippen LogP contribution in [0.15, 0.2) is 35.3 Å². The topological polar surface area (TPSA) is 60.7 Å². The molecule has 0 saturated heterocycles. The molecule has 2 aromatic carbocycles. The standard InChI is InChI=1S/C23H26N2O3S/c1-6-28-21(27)13-25-19-11-15(3)9-17(5)22(19)29-23(25)24-20(26)12-18-10-14(2)7-8-16(18)4/h7-11H,6,12-13H2,1-5H3. The first-order chi connectivity index (χ1) is 13.8. The SMILES string of the molecule is CCOC(=O)Cn1c(=NC(=O)Cc2cc(C)ccc2C)sc2c(C)cc(C)cc21. The number of aromatic nitrogens is 1. The Morgan fingerprint density at radius 1 is 1.03 bits per heavy atom. The average molecular weight is 411 g/mol. The summed E-state index contributed by atoms with van der Waals surface area (Å²) in [7, 11) is 0. The second-order valence-electron chi connectivity index (χ2n) is 7.32. The molecule has 6 heteroatoms. The fourth-order valence-corrected chi connectivity index (χ4v) is 4.48. The first-order valence-corrected chi connectivity index (χ1v) is 10.5. The fourth-order valence-electron chi connectivity index (χ4n) is 3.39. The number of hydrogen-bond donors (Lipinski definition) is 0. The van der Waals surface area contributed by atoms with Crippen LogP contribution < -0.4 is 4.80 Å². The average Bonchev–Trinajstić information content (AvgIpc) is 2.96. The first kappa shape index (κ1) is 21.0. The Morgan fingerprint density at radius 3 is 2.52 bits per heavy atom. The molecule has 3 aromatic rings. The number of hydrogen-bond acceptors (Lipinski definition) is 4. The zero-order valence-corrected chi connectivity index (χ0v) is 18.4. The van der Waals surface area contributed by atoms with Gasteiger partial charge in [-0.05, 0) is 62.9 Å². The summed E-state index contributed by atoms with van der Waals surface area (Å²) in [5, 5.41) is 0. The number of esters is 1. The van der Waals surface area contributed by atoms with Crippen molar-refractivity contribution in [3.8, 4) is 0 Å². The maximum absolute atomic E-state index is 12.7. The lowest BCUT2D eigenvalue weighted by Gasteiger charge is -2.07. The first-order valence-electron chi connectivity index (χ1n) is 9.68. The molecule has 1 aromatic heterocycles. The molecule has 152 valence electrons.